The normalized spacial score (nSPS) is 18.3. The van der Waals surface area contributed by atoms with E-state index >= 15 is 0 Å². The van der Waals surface area contributed by atoms with E-state index in [9.17, 15) is 9.59 Å². The molecule has 1 heterocycles. The molecule has 0 aromatic carbocycles. The van der Waals surface area contributed by atoms with Crippen LogP contribution in [0.25, 0.3) is 0 Å². The minimum atomic E-state index is -0.996. The van der Waals surface area contributed by atoms with Crippen molar-refractivity contribution >= 4 is 11.9 Å². The lowest BCUT2D eigenvalue weighted by molar-refractivity contribution is -0.151. The number of carbonyl (C=O) groups is 2. The molecule has 0 atom stereocenters. The second kappa shape index (κ2) is 6.57. The van der Waals surface area contributed by atoms with E-state index in [1.54, 1.807) is 25.8 Å². The maximum atomic E-state index is 12.2. The molecule has 1 rings (SSSR count). The van der Waals surface area contributed by atoms with Crippen LogP contribution in [0.15, 0.2) is 0 Å². The van der Waals surface area contributed by atoms with Gasteiger partial charge in [-0.2, -0.15) is 0 Å². The van der Waals surface area contributed by atoms with Crippen LogP contribution in [0.5, 0.6) is 0 Å². The monoisotopic (exact) mass is 284 g/mol. The highest BCUT2D eigenvalue weighted by Crippen LogP contribution is 2.24. The fraction of sp³-hybridized carbons (Fsp3) is 0.867. The number of rotatable bonds is 5. The number of piperidine rings is 1. The largest absolute Gasteiger partial charge is 0.481 e. The van der Waals surface area contributed by atoms with Crippen molar-refractivity contribution in [1.82, 2.24) is 9.80 Å². The van der Waals surface area contributed by atoms with E-state index < -0.39 is 11.4 Å². The maximum Gasteiger partial charge on any atom is 0.309 e. The first kappa shape index (κ1) is 17.0. The molecule has 0 aromatic heterocycles. The minimum absolute atomic E-state index is 0.0588. The molecule has 0 radical (unpaired) electrons. The van der Waals surface area contributed by atoms with E-state index in [0.29, 0.717) is 6.04 Å². The zero-order chi connectivity index (χ0) is 15.5. The van der Waals surface area contributed by atoms with Gasteiger partial charge in [0.2, 0.25) is 5.91 Å². The first-order valence-corrected chi connectivity index (χ1v) is 7.38. The van der Waals surface area contributed by atoms with Gasteiger partial charge in [-0.25, -0.2) is 0 Å². The Kier molecular flexibility index (Phi) is 5.57. The van der Waals surface area contributed by atoms with Gasteiger partial charge in [-0.05, 0) is 40.5 Å². The molecule has 0 saturated carbocycles. The van der Waals surface area contributed by atoms with Gasteiger partial charge >= 0.3 is 5.97 Å². The van der Waals surface area contributed by atoms with Crippen molar-refractivity contribution in [2.24, 2.45) is 5.41 Å². The molecule has 1 amide bonds. The Hall–Kier alpha value is -1.10. The molecule has 20 heavy (non-hydrogen) atoms. The molecule has 1 aliphatic heterocycles. The number of carboxylic acid groups (broad SMARTS) is 1. The minimum Gasteiger partial charge on any atom is -0.481 e. The van der Waals surface area contributed by atoms with Crippen molar-refractivity contribution in [3.63, 3.8) is 0 Å². The highest BCUT2D eigenvalue weighted by atomic mass is 16.4. The van der Waals surface area contributed by atoms with Crippen LogP contribution in [0.4, 0.5) is 0 Å². The summed E-state index contributed by atoms with van der Waals surface area (Å²) in [6.07, 6.45) is 1.99. The fourth-order valence-corrected chi connectivity index (χ4v) is 2.57. The van der Waals surface area contributed by atoms with Gasteiger partial charge in [0.15, 0.2) is 0 Å². The summed E-state index contributed by atoms with van der Waals surface area (Å²) in [7, 11) is 1.80. The molecule has 0 aromatic rings. The Balaban J connectivity index is 2.53. The average Bonchev–Trinajstić information content (AvgIpc) is 2.37. The molecule has 0 spiro atoms. The predicted molar refractivity (Wildman–Crippen MR) is 78.5 cm³/mol. The number of hydrogen-bond donors (Lipinski definition) is 1. The Bertz CT molecular complexity index is 358. The Labute approximate surface area is 121 Å². The summed E-state index contributed by atoms with van der Waals surface area (Å²) in [4.78, 5) is 27.5. The summed E-state index contributed by atoms with van der Waals surface area (Å²) in [6, 6.07) is 0.782. The lowest BCUT2D eigenvalue weighted by Crippen LogP contribution is -2.48. The van der Waals surface area contributed by atoms with E-state index in [2.05, 4.69) is 18.7 Å². The van der Waals surface area contributed by atoms with E-state index in [1.807, 2.05) is 0 Å². The quantitative estimate of drug-likeness (QED) is 0.836. The van der Waals surface area contributed by atoms with E-state index in [-0.39, 0.29) is 18.4 Å². The SMILES string of the molecule is CC(C)N1CCC(N(C)C(=O)CC(C)(C)C(=O)O)CC1. The molecule has 116 valence electrons. The summed E-state index contributed by atoms with van der Waals surface area (Å²) < 4.78 is 0. The molecule has 0 bridgehead atoms. The lowest BCUT2D eigenvalue weighted by atomic mass is 9.88. The molecule has 5 heteroatoms. The first-order valence-electron chi connectivity index (χ1n) is 7.38. The Morgan fingerprint density at radius 3 is 2.20 bits per heavy atom. The summed E-state index contributed by atoms with van der Waals surface area (Å²) in [5.41, 5.74) is -0.996. The zero-order valence-electron chi connectivity index (χ0n) is 13.3. The number of aliphatic carboxylic acids is 1. The second-order valence-corrected chi connectivity index (χ2v) is 6.73. The number of amides is 1. The number of likely N-dealkylation sites (tertiary alicyclic amines) is 1. The molecule has 0 aliphatic carbocycles. The molecule has 5 nitrogen and oxygen atoms in total. The zero-order valence-corrected chi connectivity index (χ0v) is 13.3. The van der Waals surface area contributed by atoms with Gasteiger partial charge in [0.05, 0.1) is 5.41 Å². The fourth-order valence-electron chi connectivity index (χ4n) is 2.57. The third-order valence-electron chi connectivity index (χ3n) is 4.34. The first-order chi connectivity index (χ1) is 9.15. The van der Waals surface area contributed by atoms with Gasteiger partial charge in [0, 0.05) is 38.6 Å². The summed E-state index contributed by atoms with van der Waals surface area (Å²) >= 11 is 0. The van der Waals surface area contributed by atoms with Gasteiger partial charge in [-0.1, -0.05) is 0 Å². The van der Waals surface area contributed by atoms with Crippen molar-refractivity contribution in [1.29, 1.82) is 0 Å². The average molecular weight is 284 g/mol. The number of carbonyl (C=O) groups excluding carboxylic acids is 1. The van der Waals surface area contributed by atoms with Gasteiger partial charge in [0.25, 0.3) is 0 Å². The summed E-state index contributed by atoms with van der Waals surface area (Å²) in [5, 5.41) is 9.10. The second-order valence-electron chi connectivity index (χ2n) is 6.73. The number of nitrogens with zero attached hydrogens (tertiary/aromatic N) is 2. The van der Waals surface area contributed by atoms with Gasteiger partial charge in [0.1, 0.15) is 0 Å². The van der Waals surface area contributed by atoms with E-state index in [1.165, 1.54) is 0 Å². The Morgan fingerprint density at radius 2 is 1.80 bits per heavy atom. The smallest absolute Gasteiger partial charge is 0.309 e. The molecule has 1 fully saturated rings. The molecule has 1 aliphatic rings. The van der Waals surface area contributed by atoms with Gasteiger partial charge in [-0.15, -0.1) is 0 Å². The van der Waals surface area contributed by atoms with Crippen LogP contribution in [0, 0.1) is 5.41 Å². The molecular formula is C15H28N2O3. The molecule has 1 N–H and O–H groups in total. The van der Waals surface area contributed by atoms with Gasteiger partial charge < -0.3 is 14.9 Å². The number of hydrogen-bond acceptors (Lipinski definition) is 3. The predicted octanol–water partition coefficient (Wildman–Crippen LogP) is 1.82. The van der Waals surface area contributed by atoms with Gasteiger partial charge in [-0.3, -0.25) is 9.59 Å². The lowest BCUT2D eigenvalue weighted by Gasteiger charge is -2.39. The van der Waals surface area contributed by atoms with Crippen LogP contribution < -0.4 is 0 Å². The maximum absolute atomic E-state index is 12.2. The summed E-state index contributed by atoms with van der Waals surface area (Å²) in [5.74, 6) is -0.991. The topological polar surface area (TPSA) is 60.9 Å². The van der Waals surface area contributed by atoms with E-state index in [4.69, 9.17) is 5.11 Å². The van der Waals surface area contributed by atoms with Crippen molar-refractivity contribution in [3.05, 3.63) is 0 Å². The number of carboxylic acids is 1. The van der Waals surface area contributed by atoms with Crippen LogP contribution in [0.2, 0.25) is 0 Å². The van der Waals surface area contributed by atoms with Crippen molar-refractivity contribution in [2.45, 2.75) is 59.0 Å². The van der Waals surface area contributed by atoms with Crippen LogP contribution >= 0.6 is 0 Å². The molecule has 1 saturated heterocycles. The van der Waals surface area contributed by atoms with Crippen LogP contribution in [-0.4, -0.2) is 59.0 Å². The van der Waals surface area contributed by atoms with Crippen molar-refractivity contribution in [3.8, 4) is 0 Å². The third-order valence-corrected chi connectivity index (χ3v) is 4.34. The van der Waals surface area contributed by atoms with Crippen molar-refractivity contribution < 1.29 is 14.7 Å². The highest BCUT2D eigenvalue weighted by Gasteiger charge is 2.33. The Morgan fingerprint density at radius 1 is 1.30 bits per heavy atom. The molecular weight excluding hydrogens is 256 g/mol. The highest BCUT2D eigenvalue weighted by molar-refractivity contribution is 5.84. The van der Waals surface area contributed by atoms with Crippen LogP contribution in [-0.2, 0) is 9.59 Å². The third kappa shape index (κ3) is 4.20. The standard InChI is InChI=1S/C15H28N2O3/c1-11(2)17-8-6-12(7-9-17)16(5)13(18)10-15(3,4)14(19)20/h11-12H,6-10H2,1-5H3,(H,19,20). The summed E-state index contributed by atoms with van der Waals surface area (Å²) in [6.45, 7) is 9.57. The van der Waals surface area contributed by atoms with E-state index in [0.717, 1.165) is 25.9 Å². The molecule has 0 unspecified atom stereocenters. The van der Waals surface area contributed by atoms with Crippen LogP contribution in [0.1, 0.15) is 47.0 Å². The van der Waals surface area contributed by atoms with Crippen LogP contribution in [0.3, 0.4) is 0 Å². The van der Waals surface area contributed by atoms with Crippen molar-refractivity contribution in [2.75, 3.05) is 20.1 Å².